The molecule has 0 fully saturated rings. The smallest absolute Gasteiger partial charge is 0.181 e. The Morgan fingerprint density at radius 3 is 2.27 bits per heavy atom. The van der Waals surface area contributed by atoms with E-state index in [-0.39, 0.29) is 5.75 Å². The first-order valence-corrected chi connectivity index (χ1v) is 6.66. The molecule has 0 saturated heterocycles. The van der Waals surface area contributed by atoms with Crippen LogP contribution in [-0.2, 0) is 9.84 Å². The molecule has 0 unspecified atom stereocenters. The van der Waals surface area contributed by atoms with Crippen LogP contribution in [0.3, 0.4) is 0 Å². The lowest BCUT2D eigenvalue weighted by molar-refractivity contribution is 0.599. The van der Waals surface area contributed by atoms with Gasteiger partial charge < -0.3 is 0 Å². The van der Waals surface area contributed by atoms with Crippen molar-refractivity contribution >= 4 is 9.84 Å². The van der Waals surface area contributed by atoms with E-state index in [0.29, 0.717) is 4.90 Å². The largest absolute Gasteiger partial charge is 0.223 e. The Labute approximate surface area is 91.6 Å². The standard InChI is InChI=1S/C12H16O2S/c1-3-4-5-10-15(13,14)12-8-6-11(2)7-9-12/h4-9H,3,10H2,1-2H3. The number of rotatable bonds is 4. The normalized spacial score (nSPS) is 12.1. The molecule has 15 heavy (non-hydrogen) atoms. The van der Waals surface area contributed by atoms with E-state index in [1.165, 1.54) is 0 Å². The number of benzene rings is 1. The fourth-order valence-corrected chi connectivity index (χ4v) is 2.34. The maximum absolute atomic E-state index is 11.8. The third kappa shape index (κ3) is 3.51. The third-order valence-corrected chi connectivity index (χ3v) is 3.72. The third-order valence-electron chi connectivity index (χ3n) is 2.10. The molecule has 0 aliphatic rings. The SMILES string of the molecule is CCC=CCS(=O)(=O)c1ccc(C)cc1. The van der Waals surface area contributed by atoms with Crippen LogP contribution in [0, 0.1) is 6.92 Å². The van der Waals surface area contributed by atoms with Gasteiger partial charge in [-0.3, -0.25) is 0 Å². The highest BCUT2D eigenvalue weighted by Crippen LogP contribution is 2.12. The molecule has 1 aromatic carbocycles. The molecule has 0 radical (unpaired) electrons. The van der Waals surface area contributed by atoms with Crippen LogP contribution in [0.2, 0.25) is 0 Å². The topological polar surface area (TPSA) is 34.1 Å². The lowest BCUT2D eigenvalue weighted by Gasteiger charge is -2.01. The summed E-state index contributed by atoms with van der Waals surface area (Å²) in [6, 6.07) is 6.95. The fourth-order valence-electron chi connectivity index (χ4n) is 1.20. The van der Waals surface area contributed by atoms with E-state index >= 15 is 0 Å². The molecule has 0 heterocycles. The van der Waals surface area contributed by atoms with Crippen LogP contribution >= 0.6 is 0 Å². The van der Waals surface area contributed by atoms with Crippen LogP contribution < -0.4 is 0 Å². The Balaban J connectivity index is 2.87. The van der Waals surface area contributed by atoms with E-state index in [1.807, 2.05) is 32.1 Å². The number of aryl methyl sites for hydroxylation is 1. The molecule has 0 amide bonds. The van der Waals surface area contributed by atoms with Crippen molar-refractivity contribution in [3.63, 3.8) is 0 Å². The summed E-state index contributed by atoms with van der Waals surface area (Å²) in [5.41, 5.74) is 1.07. The van der Waals surface area contributed by atoms with E-state index < -0.39 is 9.84 Å². The van der Waals surface area contributed by atoms with E-state index in [2.05, 4.69) is 0 Å². The number of sulfone groups is 1. The molecule has 82 valence electrons. The van der Waals surface area contributed by atoms with Gasteiger partial charge in [-0.25, -0.2) is 8.42 Å². The van der Waals surface area contributed by atoms with Crippen molar-refractivity contribution in [1.82, 2.24) is 0 Å². The molecule has 0 bridgehead atoms. The molecule has 0 aliphatic carbocycles. The van der Waals surface area contributed by atoms with Gasteiger partial charge in [0.1, 0.15) is 0 Å². The maximum atomic E-state index is 11.8. The number of allylic oxidation sites excluding steroid dienone is 1. The van der Waals surface area contributed by atoms with Crippen molar-refractivity contribution in [3.8, 4) is 0 Å². The summed E-state index contributed by atoms with van der Waals surface area (Å²) in [4.78, 5) is 0.397. The molecule has 3 heteroatoms. The predicted molar refractivity (Wildman–Crippen MR) is 62.7 cm³/mol. The Hall–Kier alpha value is -1.09. The Bertz CT molecular complexity index is 427. The van der Waals surface area contributed by atoms with Crippen LogP contribution in [0.4, 0.5) is 0 Å². The van der Waals surface area contributed by atoms with Gasteiger partial charge in [-0.15, -0.1) is 0 Å². The first kappa shape index (κ1) is 12.0. The van der Waals surface area contributed by atoms with Crippen molar-refractivity contribution in [3.05, 3.63) is 42.0 Å². The Kier molecular flexibility index (Phi) is 4.09. The molecule has 0 aliphatic heterocycles. The summed E-state index contributed by atoms with van der Waals surface area (Å²) in [5.74, 6) is 0.0872. The minimum absolute atomic E-state index is 0.0872. The number of hydrogen-bond donors (Lipinski definition) is 0. The van der Waals surface area contributed by atoms with Gasteiger partial charge in [0.15, 0.2) is 9.84 Å². The Morgan fingerprint density at radius 1 is 1.13 bits per heavy atom. The van der Waals surface area contributed by atoms with Gasteiger partial charge in [0.25, 0.3) is 0 Å². The second-order valence-electron chi connectivity index (χ2n) is 3.47. The van der Waals surface area contributed by atoms with Gasteiger partial charge in [0, 0.05) is 0 Å². The summed E-state index contributed by atoms with van der Waals surface area (Å²) < 4.78 is 23.5. The number of hydrogen-bond acceptors (Lipinski definition) is 2. The zero-order valence-electron chi connectivity index (χ0n) is 9.10. The molecular weight excluding hydrogens is 208 g/mol. The second kappa shape index (κ2) is 5.12. The van der Waals surface area contributed by atoms with Gasteiger partial charge in [-0.2, -0.15) is 0 Å². The summed E-state index contributed by atoms with van der Waals surface area (Å²) in [7, 11) is -3.14. The van der Waals surface area contributed by atoms with Crippen molar-refractivity contribution in [2.45, 2.75) is 25.2 Å². The second-order valence-corrected chi connectivity index (χ2v) is 5.51. The van der Waals surface area contributed by atoms with Crippen LogP contribution in [0.1, 0.15) is 18.9 Å². The highest BCUT2D eigenvalue weighted by molar-refractivity contribution is 7.91. The van der Waals surface area contributed by atoms with Crippen molar-refractivity contribution in [1.29, 1.82) is 0 Å². The zero-order chi connectivity index (χ0) is 11.3. The lowest BCUT2D eigenvalue weighted by atomic mass is 10.2. The first-order chi connectivity index (χ1) is 7.06. The minimum Gasteiger partial charge on any atom is -0.223 e. The van der Waals surface area contributed by atoms with Crippen molar-refractivity contribution in [2.75, 3.05) is 5.75 Å². The first-order valence-electron chi connectivity index (χ1n) is 5.00. The lowest BCUT2D eigenvalue weighted by Crippen LogP contribution is -2.04. The van der Waals surface area contributed by atoms with E-state index in [0.717, 1.165) is 12.0 Å². The van der Waals surface area contributed by atoms with E-state index in [1.54, 1.807) is 18.2 Å². The average molecular weight is 224 g/mol. The van der Waals surface area contributed by atoms with Crippen LogP contribution in [0.5, 0.6) is 0 Å². The summed E-state index contributed by atoms with van der Waals surface area (Å²) in [6.45, 7) is 3.92. The van der Waals surface area contributed by atoms with Crippen molar-refractivity contribution < 1.29 is 8.42 Å². The van der Waals surface area contributed by atoms with Gasteiger partial charge in [-0.1, -0.05) is 36.8 Å². The quantitative estimate of drug-likeness (QED) is 0.737. The molecule has 0 atom stereocenters. The van der Waals surface area contributed by atoms with Gasteiger partial charge >= 0.3 is 0 Å². The molecule has 0 aromatic heterocycles. The molecule has 2 nitrogen and oxygen atoms in total. The monoisotopic (exact) mass is 224 g/mol. The maximum Gasteiger partial charge on any atom is 0.181 e. The molecule has 0 spiro atoms. The van der Waals surface area contributed by atoms with Gasteiger partial charge in [0.05, 0.1) is 10.6 Å². The molecular formula is C12H16O2S. The minimum atomic E-state index is -3.14. The summed E-state index contributed by atoms with van der Waals surface area (Å²) >= 11 is 0. The van der Waals surface area contributed by atoms with Crippen LogP contribution in [0.25, 0.3) is 0 Å². The fraction of sp³-hybridized carbons (Fsp3) is 0.333. The molecule has 1 aromatic rings. The molecule has 1 rings (SSSR count). The van der Waals surface area contributed by atoms with E-state index in [9.17, 15) is 8.42 Å². The summed E-state index contributed by atoms with van der Waals surface area (Å²) in [6.07, 6.45) is 4.43. The predicted octanol–water partition coefficient (Wildman–Crippen LogP) is 2.73. The van der Waals surface area contributed by atoms with Gasteiger partial charge in [-0.05, 0) is 25.5 Å². The highest BCUT2D eigenvalue weighted by Gasteiger charge is 2.11. The van der Waals surface area contributed by atoms with Crippen LogP contribution in [-0.4, -0.2) is 14.2 Å². The van der Waals surface area contributed by atoms with Crippen molar-refractivity contribution in [2.24, 2.45) is 0 Å². The van der Waals surface area contributed by atoms with Gasteiger partial charge in [0.2, 0.25) is 0 Å². The highest BCUT2D eigenvalue weighted by atomic mass is 32.2. The van der Waals surface area contributed by atoms with Crippen LogP contribution in [0.15, 0.2) is 41.3 Å². The molecule has 0 N–H and O–H groups in total. The Morgan fingerprint density at radius 2 is 1.73 bits per heavy atom. The van der Waals surface area contributed by atoms with E-state index in [4.69, 9.17) is 0 Å². The average Bonchev–Trinajstić information content (AvgIpc) is 2.18. The molecule has 0 saturated carbocycles. The zero-order valence-corrected chi connectivity index (χ0v) is 9.92. The summed E-state index contributed by atoms with van der Waals surface area (Å²) in [5, 5.41) is 0.